The maximum atomic E-state index is 12.7. The van der Waals surface area contributed by atoms with Gasteiger partial charge in [-0.2, -0.15) is 0 Å². The van der Waals surface area contributed by atoms with E-state index in [4.69, 9.17) is 16.3 Å². The normalized spacial score (nSPS) is 10.3. The molecule has 8 heteroatoms. The Bertz CT molecular complexity index is 1040. The Morgan fingerprint density at radius 2 is 1.87 bits per heavy atom. The number of nitro groups is 1. The number of amides is 1. The minimum Gasteiger partial charge on any atom is -0.492 e. The van der Waals surface area contributed by atoms with Gasteiger partial charge in [0.25, 0.3) is 11.6 Å². The quantitative estimate of drug-likeness (QED) is 0.399. The van der Waals surface area contributed by atoms with Crippen LogP contribution < -0.4 is 10.1 Å². The third-order valence-electron chi connectivity index (χ3n) is 4.33. The summed E-state index contributed by atoms with van der Waals surface area (Å²) in [5, 5.41) is 15.1. The molecule has 0 unspecified atom stereocenters. The minimum atomic E-state index is -0.510. The molecule has 0 aliphatic rings. The largest absolute Gasteiger partial charge is 0.492 e. The summed E-state index contributed by atoms with van der Waals surface area (Å²) in [4.78, 5) is 25.2. The number of ether oxygens (including phenoxy) is 1. The molecule has 0 saturated heterocycles. The highest BCUT2D eigenvalue weighted by molar-refractivity contribution is 6.30. The Morgan fingerprint density at radius 3 is 2.57 bits per heavy atom. The molecule has 7 nitrogen and oxygen atoms in total. The first-order valence-corrected chi connectivity index (χ1v) is 9.56. The van der Waals surface area contributed by atoms with Crippen LogP contribution in [0.4, 0.5) is 17.1 Å². The van der Waals surface area contributed by atoms with Crippen LogP contribution in [-0.4, -0.2) is 35.9 Å². The number of benzene rings is 3. The molecular formula is C22H20ClN3O4. The zero-order valence-electron chi connectivity index (χ0n) is 16.2. The van der Waals surface area contributed by atoms with Crippen LogP contribution in [0.3, 0.4) is 0 Å². The topological polar surface area (TPSA) is 84.7 Å². The van der Waals surface area contributed by atoms with E-state index in [0.29, 0.717) is 23.0 Å². The number of rotatable bonds is 8. The number of halogens is 1. The van der Waals surface area contributed by atoms with E-state index in [1.54, 1.807) is 49.5 Å². The lowest BCUT2D eigenvalue weighted by Crippen LogP contribution is -2.30. The van der Waals surface area contributed by atoms with Crippen molar-refractivity contribution in [2.75, 3.05) is 25.5 Å². The molecule has 0 saturated carbocycles. The number of hydrogen-bond acceptors (Lipinski definition) is 5. The molecule has 0 fully saturated rings. The highest BCUT2D eigenvalue weighted by atomic mass is 35.5. The van der Waals surface area contributed by atoms with Crippen molar-refractivity contribution in [3.05, 3.63) is 93.5 Å². The molecule has 0 bridgehead atoms. The lowest BCUT2D eigenvalue weighted by atomic mass is 10.1. The van der Waals surface area contributed by atoms with E-state index < -0.39 is 4.92 Å². The molecule has 0 radical (unpaired) electrons. The summed E-state index contributed by atoms with van der Waals surface area (Å²) in [6, 6.07) is 20.5. The number of hydrogen-bond donors (Lipinski definition) is 1. The summed E-state index contributed by atoms with van der Waals surface area (Å²) in [6.45, 7) is 0.571. The lowest BCUT2D eigenvalue weighted by molar-refractivity contribution is -0.383. The van der Waals surface area contributed by atoms with Gasteiger partial charge < -0.3 is 15.0 Å². The van der Waals surface area contributed by atoms with Crippen molar-refractivity contribution in [1.82, 2.24) is 4.90 Å². The molecule has 3 rings (SSSR count). The summed E-state index contributed by atoms with van der Waals surface area (Å²) in [7, 11) is 1.62. The number of nitro benzene ring substituents is 1. The van der Waals surface area contributed by atoms with Gasteiger partial charge in [-0.25, -0.2) is 0 Å². The van der Waals surface area contributed by atoms with Crippen LogP contribution in [0.15, 0.2) is 72.8 Å². The molecule has 154 valence electrons. The van der Waals surface area contributed by atoms with Crippen LogP contribution in [0.5, 0.6) is 5.75 Å². The Labute approximate surface area is 179 Å². The van der Waals surface area contributed by atoms with Gasteiger partial charge in [-0.15, -0.1) is 0 Å². The number of carbonyl (C=O) groups is 1. The first-order chi connectivity index (χ1) is 14.4. The van der Waals surface area contributed by atoms with E-state index in [9.17, 15) is 14.9 Å². The SMILES string of the molecule is CN(CCOc1cccc(Cl)c1)C(=O)c1ccc(Nc2ccccc2)c([N+](=O)[O-])c1. The monoisotopic (exact) mass is 425 g/mol. The molecule has 3 aromatic rings. The van der Waals surface area contributed by atoms with E-state index in [2.05, 4.69) is 5.32 Å². The van der Waals surface area contributed by atoms with Gasteiger partial charge in [0.1, 0.15) is 18.0 Å². The molecule has 0 heterocycles. The molecule has 0 atom stereocenters. The van der Waals surface area contributed by atoms with Gasteiger partial charge in [0.15, 0.2) is 0 Å². The number of nitrogens with one attached hydrogen (secondary N) is 1. The number of carbonyl (C=O) groups excluding carboxylic acids is 1. The summed E-state index contributed by atoms with van der Waals surface area (Å²) < 4.78 is 5.59. The smallest absolute Gasteiger partial charge is 0.293 e. The van der Waals surface area contributed by atoms with Gasteiger partial charge in [-0.05, 0) is 42.5 Å². The average Bonchev–Trinajstić information content (AvgIpc) is 2.74. The summed E-state index contributed by atoms with van der Waals surface area (Å²) >= 11 is 5.92. The molecular weight excluding hydrogens is 406 g/mol. The third-order valence-corrected chi connectivity index (χ3v) is 4.57. The van der Waals surface area contributed by atoms with Gasteiger partial charge in [0.05, 0.1) is 11.5 Å². The van der Waals surface area contributed by atoms with E-state index in [0.717, 1.165) is 5.69 Å². The molecule has 0 aromatic heterocycles. The highest BCUT2D eigenvalue weighted by Gasteiger charge is 2.20. The van der Waals surface area contributed by atoms with Crippen molar-refractivity contribution >= 4 is 34.6 Å². The van der Waals surface area contributed by atoms with Crippen LogP contribution in [-0.2, 0) is 0 Å². The molecule has 30 heavy (non-hydrogen) atoms. The van der Waals surface area contributed by atoms with Crippen LogP contribution in [0.1, 0.15) is 10.4 Å². The maximum Gasteiger partial charge on any atom is 0.293 e. The first-order valence-electron chi connectivity index (χ1n) is 9.18. The van der Waals surface area contributed by atoms with Crippen molar-refractivity contribution in [2.45, 2.75) is 0 Å². The Kier molecular flexibility index (Phi) is 6.87. The lowest BCUT2D eigenvalue weighted by Gasteiger charge is -2.18. The third kappa shape index (κ3) is 5.48. The van der Waals surface area contributed by atoms with Gasteiger partial charge in [-0.1, -0.05) is 35.9 Å². The number of para-hydroxylation sites is 1. The van der Waals surface area contributed by atoms with Crippen molar-refractivity contribution in [1.29, 1.82) is 0 Å². The zero-order valence-corrected chi connectivity index (χ0v) is 17.0. The Balaban J connectivity index is 1.67. The molecule has 0 aliphatic heterocycles. The standard InChI is InChI=1S/C22H20ClN3O4/c1-25(12-13-30-19-9-5-6-17(23)15-19)22(27)16-10-11-20(21(14-16)26(28)29)24-18-7-3-2-4-8-18/h2-11,14-15,24H,12-13H2,1H3. The summed E-state index contributed by atoms with van der Waals surface area (Å²) in [5.41, 5.74) is 1.09. The van der Waals surface area contributed by atoms with Gasteiger partial charge in [0, 0.05) is 29.4 Å². The Hall–Kier alpha value is -3.58. The fourth-order valence-corrected chi connectivity index (χ4v) is 2.96. The van der Waals surface area contributed by atoms with Gasteiger partial charge in [0.2, 0.25) is 0 Å². The first kappa shape index (κ1) is 21.1. The maximum absolute atomic E-state index is 12.7. The van der Waals surface area contributed by atoms with Gasteiger partial charge in [-0.3, -0.25) is 14.9 Å². The van der Waals surface area contributed by atoms with Crippen molar-refractivity contribution in [3.63, 3.8) is 0 Å². The average molecular weight is 426 g/mol. The molecule has 0 aliphatic carbocycles. The van der Waals surface area contributed by atoms with E-state index in [1.807, 2.05) is 18.2 Å². The van der Waals surface area contributed by atoms with Crippen molar-refractivity contribution in [2.24, 2.45) is 0 Å². The number of likely N-dealkylation sites (N-methyl/N-ethyl adjacent to an activating group) is 1. The predicted octanol–water partition coefficient (Wildman–Crippen LogP) is 5.14. The Morgan fingerprint density at radius 1 is 1.10 bits per heavy atom. The molecule has 1 amide bonds. The molecule has 0 spiro atoms. The number of anilines is 2. The van der Waals surface area contributed by atoms with Crippen molar-refractivity contribution < 1.29 is 14.5 Å². The fraction of sp³-hybridized carbons (Fsp3) is 0.136. The molecule has 1 N–H and O–H groups in total. The van der Waals surface area contributed by atoms with Crippen LogP contribution in [0.25, 0.3) is 0 Å². The molecule has 3 aromatic carbocycles. The number of nitrogens with zero attached hydrogens (tertiary/aromatic N) is 2. The second kappa shape index (κ2) is 9.76. The highest BCUT2D eigenvalue weighted by Crippen LogP contribution is 2.29. The fourth-order valence-electron chi connectivity index (χ4n) is 2.78. The van der Waals surface area contributed by atoms with Crippen molar-refractivity contribution in [3.8, 4) is 5.75 Å². The van der Waals surface area contributed by atoms with Crippen LogP contribution >= 0.6 is 11.6 Å². The summed E-state index contributed by atoms with van der Waals surface area (Å²) in [5.74, 6) is 0.273. The predicted molar refractivity (Wildman–Crippen MR) is 117 cm³/mol. The van der Waals surface area contributed by atoms with E-state index in [-0.39, 0.29) is 23.8 Å². The van der Waals surface area contributed by atoms with Gasteiger partial charge >= 0.3 is 0 Å². The van der Waals surface area contributed by atoms with E-state index in [1.165, 1.54) is 17.0 Å². The van der Waals surface area contributed by atoms with Crippen LogP contribution in [0, 0.1) is 10.1 Å². The minimum absolute atomic E-state index is 0.173. The van der Waals surface area contributed by atoms with Crippen LogP contribution in [0.2, 0.25) is 5.02 Å². The summed E-state index contributed by atoms with van der Waals surface area (Å²) in [6.07, 6.45) is 0. The zero-order chi connectivity index (χ0) is 21.5. The second-order valence-electron chi connectivity index (χ2n) is 6.51. The second-order valence-corrected chi connectivity index (χ2v) is 6.95. The van der Waals surface area contributed by atoms with E-state index >= 15 is 0 Å².